The lowest BCUT2D eigenvalue weighted by atomic mass is 9.81. The van der Waals surface area contributed by atoms with E-state index in [1.165, 1.54) is 14.2 Å². The van der Waals surface area contributed by atoms with Gasteiger partial charge < -0.3 is 14.3 Å². The van der Waals surface area contributed by atoms with Crippen molar-refractivity contribution in [2.75, 3.05) is 14.2 Å². The highest BCUT2D eigenvalue weighted by molar-refractivity contribution is 5.91. The van der Waals surface area contributed by atoms with Crippen LogP contribution in [0.25, 0.3) is 5.57 Å². The summed E-state index contributed by atoms with van der Waals surface area (Å²) in [6, 6.07) is 9.63. The van der Waals surface area contributed by atoms with Crippen molar-refractivity contribution in [3.05, 3.63) is 54.1 Å². The first-order valence-corrected chi connectivity index (χ1v) is 6.23. The van der Waals surface area contributed by atoms with Gasteiger partial charge in [0.25, 0.3) is 0 Å². The van der Waals surface area contributed by atoms with Gasteiger partial charge in [0.1, 0.15) is 6.29 Å². The van der Waals surface area contributed by atoms with E-state index in [4.69, 9.17) is 9.47 Å². The highest BCUT2D eigenvalue weighted by atomic mass is 16.6. The fraction of sp³-hybridized carbons (Fsp3) is 0.250. The SMILES string of the molecule is COC(=O)C1(OC)C=CC(c2ccccc2)=CC1C=O. The third-order valence-electron chi connectivity index (χ3n) is 3.46. The Balaban J connectivity index is 2.42. The minimum atomic E-state index is -1.38. The molecule has 2 rings (SSSR count). The van der Waals surface area contributed by atoms with Crippen molar-refractivity contribution in [2.45, 2.75) is 5.60 Å². The monoisotopic (exact) mass is 272 g/mol. The van der Waals surface area contributed by atoms with Gasteiger partial charge in [0.2, 0.25) is 0 Å². The summed E-state index contributed by atoms with van der Waals surface area (Å²) in [6.45, 7) is 0. The lowest BCUT2D eigenvalue weighted by Gasteiger charge is -2.32. The van der Waals surface area contributed by atoms with Crippen LogP contribution in [0.5, 0.6) is 0 Å². The van der Waals surface area contributed by atoms with Crippen LogP contribution < -0.4 is 0 Å². The highest BCUT2D eigenvalue weighted by Gasteiger charge is 2.46. The molecule has 2 unspecified atom stereocenters. The molecule has 0 aromatic heterocycles. The third-order valence-corrected chi connectivity index (χ3v) is 3.46. The van der Waals surface area contributed by atoms with Gasteiger partial charge >= 0.3 is 5.97 Å². The van der Waals surface area contributed by atoms with Crippen molar-refractivity contribution in [3.63, 3.8) is 0 Å². The second-order valence-corrected chi connectivity index (χ2v) is 4.47. The summed E-state index contributed by atoms with van der Waals surface area (Å²) in [7, 11) is 2.66. The Morgan fingerprint density at radius 1 is 1.25 bits per heavy atom. The molecule has 0 saturated carbocycles. The van der Waals surface area contributed by atoms with Crippen LogP contribution in [0.15, 0.2) is 48.6 Å². The molecule has 20 heavy (non-hydrogen) atoms. The maximum Gasteiger partial charge on any atom is 0.343 e. The molecule has 104 valence electrons. The predicted molar refractivity (Wildman–Crippen MR) is 74.9 cm³/mol. The zero-order chi connectivity index (χ0) is 14.6. The lowest BCUT2D eigenvalue weighted by molar-refractivity contribution is -0.165. The largest absolute Gasteiger partial charge is 0.467 e. The van der Waals surface area contributed by atoms with Crippen LogP contribution in [-0.2, 0) is 19.1 Å². The first kappa shape index (κ1) is 14.2. The Morgan fingerprint density at radius 2 is 1.95 bits per heavy atom. The number of methoxy groups -OCH3 is 2. The molecule has 0 amide bonds. The zero-order valence-electron chi connectivity index (χ0n) is 11.4. The van der Waals surface area contributed by atoms with Crippen molar-refractivity contribution in [2.24, 2.45) is 5.92 Å². The molecule has 1 aromatic rings. The molecule has 1 aliphatic rings. The average molecular weight is 272 g/mol. The zero-order valence-corrected chi connectivity index (χ0v) is 11.4. The van der Waals surface area contributed by atoms with Crippen LogP contribution in [0, 0.1) is 5.92 Å². The van der Waals surface area contributed by atoms with E-state index < -0.39 is 17.5 Å². The Morgan fingerprint density at radius 3 is 2.50 bits per heavy atom. The van der Waals surface area contributed by atoms with Crippen LogP contribution in [0.1, 0.15) is 5.56 Å². The van der Waals surface area contributed by atoms with E-state index in [0.717, 1.165) is 11.1 Å². The van der Waals surface area contributed by atoms with E-state index in [2.05, 4.69) is 0 Å². The molecule has 0 radical (unpaired) electrons. The molecule has 0 spiro atoms. The van der Waals surface area contributed by atoms with Gasteiger partial charge in [0, 0.05) is 7.11 Å². The molecule has 4 nitrogen and oxygen atoms in total. The van der Waals surface area contributed by atoms with Gasteiger partial charge in [0.15, 0.2) is 5.60 Å². The summed E-state index contributed by atoms with van der Waals surface area (Å²) >= 11 is 0. The van der Waals surface area contributed by atoms with E-state index in [1.54, 1.807) is 18.2 Å². The standard InChI is InChI=1S/C16H16O4/c1-19-15(18)16(20-2)9-8-13(10-14(16)11-17)12-6-4-3-5-7-12/h3-11,14H,1-2H3. The van der Waals surface area contributed by atoms with Crippen molar-refractivity contribution < 1.29 is 19.1 Å². The molecule has 0 fully saturated rings. The molecule has 0 heterocycles. The summed E-state index contributed by atoms with van der Waals surface area (Å²) in [5, 5.41) is 0. The molecule has 1 aliphatic carbocycles. The Hall–Kier alpha value is -2.20. The van der Waals surface area contributed by atoms with E-state index in [1.807, 2.05) is 30.3 Å². The molecular formula is C16H16O4. The molecule has 0 bridgehead atoms. The quantitative estimate of drug-likeness (QED) is 0.621. The van der Waals surface area contributed by atoms with E-state index >= 15 is 0 Å². The Kier molecular flexibility index (Phi) is 4.15. The molecule has 0 N–H and O–H groups in total. The smallest absolute Gasteiger partial charge is 0.343 e. The number of aldehydes is 1. The number of hydrogen-bond donors (Lipinski definition) is 0. The predicted octanol–water partition coefficient (Wildman–Crippen LogP) is 2.01. The first-order valence-electron chi connectivity index (χ1n) is 6.23. The van der Waals surface area contributed by atoms with Crippen LogP contribution >= 0.6 is 0 Å². The summed E-state index contributed by atoms with van der Waals surface area (Å²) < 4.78 is 10.0. The lowest BCUT2D eigenvalue weighted by Crippen LogP contribution is -2.48. The van der Waals surface area contributed by atoms with Gasteiger partial charge in [-0.15, -0.1) is 0 Å². The van der Waals surface area contributed by atoms with Gasteiger partial charge in [-0.2, -0.15) is 0 Å². The Labute approximate surface area is 117 Å². The fourth-order valence-electron chi connectivity index (χ4n) is 2.31. The number of allylic oxidation sites excluding steroid dienone is 2. The third kappa shape index (κ3) is 2.30. The van der Waals surface area contributed by atoms with Crippen LogP contribution in [0.3, 0.4) is 0 Å². The van der Waals surface area contributed by atoms with Gasteiger partial charge in [-0.3, -0.25) is 0 Å². The molecule has 1 aromatic carbocycles. The fourth-order valence-corrected chi connectivity index (χ4v) is 2.31. The molecule has 4 heteroatoms. The summed E-state index contributed by atoms with van der Waals surface area (Å²) in [4.78, 5) is 23.3. The van der Waals surface area contributed by atoms with Crippen molar-refractivity contribution in [1.82, 2.24) is 0 Å². The number of carbonyl (C=O) groups is 2. The minimum absolute atomic E-state index is 0.586. The van der Waals surface area contributed by atoms with Gasteiger partial charge in [-0.25, -0.2) is 4.79 Å². The second kappa shape index (κ2) is 5.84. The van der Waals surface area contributed by atoms with Gasteiger partial charge in [-0.1, -0.05) is 42.5 Å². The van der Waals surface area contributed by atoms with Gasteiger partial charge in [0.05, 0.1) is 13.0 Å². The normalized spacial score (nSPS) is 24.9. The van der Waals surface area contributed by atoms with Crippen LogP contribution in [-0.4, -0.2) is 32.1 Å². The van der Waals surface area contributed by atoms with E-state index in [9.17, 15) is 9.59 Å². The molecular weight excluding hydrogens is 256 g/mol. The average Bonchev–Trinajstić information content (AvgIpc) is 2.54. The van der Waals surface area contributed by atoms with Crippen molar-refractivity contribution in [3.8, 4) is 0 Å². The number of ether oxygens (including phenoxy) is 2. The molecule has 2 atom stereocenters. The molecule has 0 saturated heterocycles. The maximum absolute atomic E-state index is 11.9. The number of benzene rings is 1. The highest BCUT2D eigenvalue weighted by Crippen LogP contribution is 2.33. The first-order chi connectivity index (χ1) is 9.67. The summed E-state index contributed by atoms with van der Waals surface area (Å²) in [5.74, 6) is -1.31. The van der Waals surface area contributed by atoms with Crippen LogP contribution in [0.4, 0.5) is 0 Å². The summed E-state index contributed by atoms with van der Waals surface area (Å²) in [6.07, 6.45) is 5.78. The van der Waals surface area contributed by atoms with E-state index in [0.29, 0.717) is 6.29 Å². The van der Waals surface area contributed by atoms with Gasteiger partial charge in [-0.05, 0) is 17.2 Å². The van der Waals surface area contributed by atoms with E-state index in [-0.39, 0.29) is 0 Å². The second-order valence-electron chi connectivity index (χ2n) is 4.47. The number of rotatable bonds is 4. The van der Waals surface area contributed by atoms with Crippen molar-refractivity contribution >= 4 is 17.8 Å². The number of esters is 1. The number of carbonyl (C=O) groups excluding carboxylic acids is 2. The topological polar surface area (TPSA) is 52.6 Å². The van der Waals surface area contributed by atoms with Crippen molar-refractivity contribution in [1.29, 1.82) is 0 Å². The van der Waals surface area contributed by atoms with Crippen LogP contribution in [0.2, 0.25) is 0 Å². The molecule has 0 aliphatic heterocycles. The summed E-state index contributed by atoms with van der Waals surface area (Å²) in [5.41, 5.74) is 0.471. The number of hydrogen-bond acceptors (Lipinski definition) is 4. The maximum atomic E-state index is 11.9. The Bertz CT molecular complexity index is 559. The minimum Gasteiger partial charge on any atom is -0.467 e.